The van der Waals surface area contributed by atoms with Gasteiger partial charge in [0.15, 0.2) is 30.7 Å². The predicted octanol–water partition coefficient (Wildman–Crippen LogP) is 17.5. The van der Waals surface area contributed by atoms with Crippen LogP contribution in [0.2, 0.25) is 0 Å². The molecule has 586 valence electrons. The van der Waals surface area contributed by atoms with Crippen molar-refractivity contribution < 1.29 is 85.7 Å². The fourth-order valence-electron chi connectivity index (χ4n) is 14.7. The number of carbonyl (C=O) groups excluding carboxylic acids is 7. The number of aryl methyl sites for hydroxylation is 2. The molecule has 0 spiro atoms. The zero-order valence-corrected chi connectivity index (χ0v) is 65.1. The van der Waals surface area contributed by atoms with Crippen molar-refractivity contribution in [3.8, 4) is 16.9 Å². The number of nitrogens with zero attached hydrogens (tertiary/aromatic N) is 2. The fraction of sp³-hybridized carbons (Fsp3) is 0.612. The molecule has 4 aliphatic rings. The maximum Gasteiger partial charge on any atom is 0.303 e. The van der Waals surface area contributed by atoms with Gasteiger partial charge in [-0.2, -0.15) is 0 Å². The normalized spacial score (nSPS) is 20.3. The van der Waals surface area contributed by atoms with Gasteiger partial charge in [0.05, 0.1) is 22.8 Å². The third-order valence-corrected chi connectivity index (χ3v) is 19.9. The molecular formula is C85H118N4O18. The molecule has 4 aromatic rings. The first-order valence-corrected chi connectivity index (χ1v) is 39.7. The number of fused-ring (bicyclic) bond motifs is 8. The maximum atomic E-state index is 13.4. The topological polar surface area (TPSA) is 278 Å². The number of aromatic nitrogens is 4. The molecule has 8 bridgehead atoms. The van der Waals surface area contributed by atoms with Gasteiger partial charge < -0.3 is 62.1 Å². The highest BCUT2D eigenvalue weighted by Gasteiger charge is 2.58. The van der Waals surface area contributed by atoms with Crippen LogP contribution in [0.4, 0.5) is 0 Å². The molecule has 7 heterocycles. The molecular weight excluding hydrogens is 1360 g/mol. The summed E-state index contributed by atoms with van der Waals surface area (Å²) in [6.45, 7) is 13.3. The van der Waals surface area contributed by atoms with Gasteiger partial charge in [-0.1, -0.05) is 187 Å². The Morgan fingerprint density at radius 1 is 0.346 bits per heavy atom. The number of hydrogen-bond acceptors (Lipinski definition) is 20. The van der Waals surface area contributed by atoms with Gasteiger partial charge in [-0.15, -0.1) is 0 Å². The highest BCUT2D eigenvalue weighted by atomic mass is 16.8. The summed E-state index contributed by atoms with van der Waals surface area (Å²) in [7, 11) is 0. The minimum atomic E-state index is -1.86. The van der Waals surface area contributed by atoms with E-state index in [1.165, 1.54) is 140 Å². The second-order valence-corrected chi connectivity index (χ2v) is 28.9. The molecule has 22 nitrogen and oxygen atoms in total. The first kappa shape index (κ1) is 84.4. The molecule has 22 heteroatoms. The Kier molecular flexibility index (Phi) is 35.0. The van der Waals surface area contributed by atoms with E-state index in [1.54, 1.807) is 12.1 Å². The Morgan fingerprint density at radius 3 is 1.06 bits per heavy atom. The number of benzene rings is 1. The van der Waals surface area contributed by atoms with E-state index in [0.29, 0.717) is 0 Å². The van der Waals surface area contributed by atoms with Crippen LogP contribution in [0.5, 0.6) is 5.75 Å². The van der Waals surface area contributed by atoms with Crippen molar-refractivity contribution >= 4 is 88.2 Å². The monoisotopic (exact) mass is 1480 g/mol. The first-order chi connectivity index (χ1) is 51.7. The average molecular weight is 1480 g/mol. The summed E-state index contributed by atoms with van der Waals surface area (Å²) < 4.78 is 65.9. The van der Waals surface area contributed by atoms with Gasteiger partial charge in [-0.05, 0) is 105 Å². The van der Waals surface area contributed by atoms with E-state index in [2.05, 4.69) is 79.3 Å². The molecule has 2 saturated heterocycles. The molecule has 4 aliphatic heterocycles. The Hall–Kier alpha value is -8.21. The first-order valence-electron chi connectivity index (χ1n) is 39.7. The molecule has 0 unspecified atom stereocenters. The number of esters is 7. The molecule has 1 aromatic carbocycles. The molecule has 0 aliphatic carbocycles. The zero-order valence-electron chi connectivity index (χ0n) is 65.1. The Morgan fingerprint density at radius 2 is 0.664 bits per heavy atom. The minimum Gasteiger partial charge on any atom is -0.463 e. The lowest BCUT2D eigenvalue weighted by Gasteiger charge is -2.48. The lowest BCUT2D eigenvalue weighted by molar-refractivity contribution is -0.354. The number of nitrogens with one attached hydrogen (secondary N) is 2. The molecule has 2 N–H and O–H groups in total. The van der Waals surface area contributed by atoms with Crippen molar-refractivity contribution in [1.82, 2.24) is 19.9 Å². The number of H-pyrrole nitrogens is 2. The van der Waals surface area contributed by atoms with Crippen molar-refractivity contribution in [1.29, 1.82) is 0 Å². The van der Waals surface area contributed by atoms with Crippen molar-refractivity contribution in [3.63, 3.8) is 0 Å². The largest absolute Gasteiger partial charge is 0.463 e. The summed E-state index contributed by atoms with van der Waals surface area (Å²) in [6, 6.07) is 15.9. The van der Waals surface area contributed by atoms with E-state index < -0.39 is 116 Å². The van der Waals surface area contributed by atoms with Crippen LogP contribution in [0, 0.1) is 0 Å². The number of rotatable bonds is 44. The molecule has 0 amide bonds. The van der Waals surface area contributed by atoms with Gasteiger partial charge in [-0.25, -0.2) is 9.97 Å². The van der Waals surface area contributed by atoms with E-state index in [4.69, 9.17) is 62.1 Å². The van der Waals surface area contributed by atoms with Crippen LogP contribution in [0.3, 0.4) is 0 Å². The van der Waals surface area contributed by atoms with Gasteiger partial charge in [0.1, 0.15) is 37.3 Å². The standard InChI is InChI=1S/C85H118N4O18/c1-11-14-17-20-23-26-29-32-35-38-64-67-45-47-69(86-67)65(39-36-33-30-27-24-21-18-15-12-2)71-49-51-73(88-71)77(74-52-50-72(89-74)66(70-48-46-68(64)87-70)40-37-34-31-28-25-22-19-16-13-3)62-41-43-63(44-42-62)104-84-82(102-60(9)95)81(101-59(8)94)79(76(105-84)54-98-56(5)91)107-85-83(103-61(10)96)80(100-58(7)93)78(99-57(6)92)75(106-85)53-97-55(4)90/h41-52,75-76,78-85,88-89H,11-40,53-54H2,1-10H3/t75-,76-,78-,79-,80+,81+,82-,83-,84-,85-/m1/s1. The average Bonchev–Trinajstić information content (AvgIpc) is 0.912. The van der Waals surface area contributed by atoms with Crippen LogP contribution in [0.15, 0.2) is 48.5 Å². The van der Waals surface area contributed by atoms with E-state index >= 15 is 0 Å². The highest BCUT2D eigenvalue weighted by Crippen LogP contribution is 2.39. The zero-order chi connectivity index (χ0) is 76.6. The maximum absolute atomic E-state index is 13.4. The predicted molar refractivity (Wildman–Crippen MR) is 411 cm³/mol. The summed E-state index contributed by atoms with van der Waals surface area (Å²) >= 11 is 0. The SMILES string of the molecule is CCCCCCCCCCCc1c2nc(c(CCCCCCCCCCC)c3ccc([nH]3)c(-c3ccc(O[C@@H]4O[C@H](COC(C)=O)[C@@H](O[C@H]5O[C@H](COC(C)=O)[C@@H](OC(C)=O)[C@H](OC(C)=O)[C@H]5OC(C)=O)[C@H](OC(C)=O)[C@H]4OC(C)=O)cc3)c3ccc([nH]3)c(CCCCCCCCCCC)c3nc1C=C3)C=C2. The van der Waals surface area contributed by atoms with Gasteiger partial charge in [0.2, 0.25) is 12.4 Å². The molecule has 2 fully saturated rings. The fourth-order valence-corrected chi connectivity index (χ4v) is 14.7. The van der Waals surface area contributed by atoms with Gasteiger partial charge in [0, 0.05) is 92.8 Å². The third-order valence-electron chi connectivity index (χ3n) is 19.9. The Labute approximate surface area is 632 Å². The van der Waals surface area contributed by atoms with Gasteiger partial charge in [-0.3, -0.25) is 33.6 Å². The minimum absolute atomic E-state index is 0.217. The molecule has 10 atom stereocenters. The van der Waals surface area contributed by atoms with Crippen molar-refractivity contribution in [2.24, 2.45) is 0 Å². The van der Waals surface area contributed by atoms with E-state index in [9.17, 15) is 33.6 Å². The Balaban J connectivity index is 1.21. The second-order valence-electron chi connectivity index (χ2n) is 28.9. The number of ether oxygens (including phenoxy) is 11. The van der Waals surface area contributed by atoms with Crippen LogP contribution in [-0.4, -0.2) is 136 Å². The number of unbranched alkanes of at least 4 members (excludes halogenated alkanes) is 24. The van der Waals surface area contributed by atoms with E-state index in [0.717, 1.165) is 173 Å². The summed E-state index contributed by atoms with van der Waals surface area (Å²) in [5.74, 6) is -5.70. The number of carbonyl (C=O) groups is 7. The van der Waals surface area contributed by atoms with Crippen molar-refractivity contribution in [2.45, 2.75) is 323 Å². The quantitative estimate of drug-likeness (QED) is 0.0204. The van der Waals surface area contributed by atoms with Crippen LogP contribution in [0.25, 0.3) is 57.5 Å². The molecule has 0 radical (unpaired) electrons. The van der Waals surface area contributed by atoms with Crippen molar-refractivity contribution in [2.75, 3.05) is 13.2 Å². The summed E-state index contributed by atoms with van der Waals surface area (Å²) in [4.78, 5) is 109. The summed E-state index contributed by atoms with van der Waals surface area (Å²) in [6.07, 6.45) is 27.9. The molecule has 8 rings (SSSR count). The smallest absolute Gasteiger partial charge is 0.303 e. The van der Waals surface area contributed by atoms with E-state index in [-0.39, 0.29) is 5.75 Å². The number of aromatic amines is 2. The molecule has 3 aromatic heterocycles. The van der Waals surface area contributed by atoms with E-state index in [1.807, 2.05) is 12.1 Å². The number of hydrogen-bond donors (Lipinski definition) is 2. The van der Waals surface area contributed by atoms with Crippen LogP contribution < -0.4 is 4.74 Å². The lowest BCUT2D eigenvalue weighted by Crippen LogP contribution is -2.67. The molecule has 0 saturated carbocycles. The van der Waals surface area contributed by atoms with Crippen LogP contribution in [0.1, 0.15) is 282 Å². The molecule has 107 heavy (non-hydrogen) atoms. The van der Waals surface area contributed by atoms with Crippen LogP contribution in [-0.2, 0) is 100 Å². The van der Waals surface area contributed by atoms with Gasteiger partial charge >= 0.3 is 41.8 Å². The van der Waals surface area contributed by atoms with Crippen molar-refractivity contribution in [3.05, 3.63) is 88.0 Å². The lowest BCUT2D eigenvalue weighted by atomic mass is 9.96. The Bertz CT molecular complexity index is 3660. The highest BCUT2D eigenvalue weighted by molar-refractivity contribution is 5.95. The van der Waals surface area contributed by atoms with Gasteiger partial charge in [0.25, 0.3) is 0 Å². The summed E-state index contributed by atoms with van der Waals surface area (Å²) in [5.41, 5.74) is 12.6. The second kappa shape index (κ2) is 44.3. The van der Waals surface area contributed by atoms with Crippen LogP contribution >= 0.6 is 0 Å². The summed E-state index contributed by atoms with van der Waals surface area (Å²) in [5, 5.41) is 0. The third kappa shape index (κ3) is 26.3.